The van der Waals surface area contributed by atoms with Crippen molar-refractivity contribution in [2.24, 2.45) is 0 Å². The summed E-state index contributed by atoms with van der Waals surface area (Å²) in [5.74, 6) is 0.465. The van der Waals surface area contributed by atoms with Crippen molar-refractivity contribution in [1.29, 1.82) is 0 Å². The molecule has 25 heavy (non-hydrogen) atoms. The molecule has 0 bridgehead atoms. The van der Waals surface area contributed by atoms with E-state index >= 15 is 0 Å². The smallest absolute Gasteiger partial charge is 0.261 e. The number of nitrogens with zero attached hydrogens (tertiary/aromatic N) is 2. The van der Waals surface area contributed by atoms with Gasteiger partial charge in [0.05, 0.1) is 17.9 Å². The van der Waals surface area contributed by atoms with E-state index in [2.05, 4.69) is 31.2 Å². The number of thiazole rings is 1. The quantitative estimate of drug-likeness (QED) is 0.656. The summed E-state index contributed by atoms with van der Waals surface area (Å²) in [7, 11) is 0. The maximum atomic E-state index is 12.2. The van der Waals surface area contributed by atoms with Crippen LogP contribution in [0.25, 0.3) is 10.7 Å². The van der Waals surface area contributed by atoms with Gasteiger partial charge in [-0.1, -0.05) is 22.0 Å². The number of ether oxygens (including phenoxy) is 1. The Morgan fingerprint density at radius 1 is 1.28 bits per heavy atom. The summed E-state index contributed by atoms with van der Waals surface area (Å²) in [5.41, 5.74) is 1.63. The molecule has 0 aliphatic rings. The number of benzene rings is 1. The first-order chi connectivity index (χ1) is 12.1. The highest BCUT2D eigenvalue weighted by Gasteiger charge is 2.15. The number of carbonyl (C=O) groups excluding carboxylic acids is 1. The molecule has 0 saturated carbocycles. The molecule has 2 aromatic heterocycles. The number of hydrogen-bond acceptors (Lipinski definition) is 5. The average molecular weight is 418 g/mol. The molecule has 1 aromatic carbocycles. The number of aromatic nitrogens is 2. The van der Waals surface area contributed by atoms with E-state index < -0.39 is 6.10 Å². The minimum absolute atomic E-state index is 0.185. The zero-order valence-corrected chi connectivity index (χ0v) is 15.9. The fourth-order valence-electron chi connectivity index (χ4n) is 2.09. The minimum atomic E-state index is -0.588. The third-order valence-corrected chi connectivity index (χ3v) is 4.82. The van der Waals surface area contributed by atoms with Crippen molar-refractivity contribution >= 4 is 33.2 Å². The Bertz CT molecular complexity index is 837. The highest BCUT2D eigenvalue weighted by molar-refractivity contribution is 9.10. The summed E-state index contributed by atoms with van der Waals surface area (Å²) in [6, 6.07) is 13.1. The molecule has 7 heteroatoms. The summed E-state index contributed by atoms with van der Waals surface area (Å²) in [6.45, 7) is 2.08. The van der Waals surface area contributed by atoms with Crippen molar-refractivity contribution < 1.29 is 9.53 Å². The Balaban J connectivity index is 1.53. The van der Waals surface area contributed by atoms with E-state index in [0.717, 1.165) is 20.9 Å². The lowest BCUT2D eigenvalue weighted by atomic mass is 10.3. The van der Waals surface area contributed by atoms with Crippen LogP contribution in [0.15, 0.2) is 58.5 Å². The van der Waals surface area contributed by atoms with E-state index in [1.54, 1.807) is 13.1 Å². The molecular formula is C18H16BrN3O2S. The van der Waals surface area contributed by atoms with Crippen LogP contribution in [0.4, 0.5) is 0 Å². The van der Waals surface area contributed by atoms with Crippen molar-refractivity contribution in [1.82, 2.24) is 15.3 Å². The van der Waals surface area contributed by atoms with Gasteiger partial charge in [-0.05, 0) is 43.3 Å². The van der Waals surface area contributed by atoms with Gasteiger partial charge in [-0.3, -0.25) is 9.78 Å². The van der Waals surface area contributed by atoms with Crippen molar-refractivity contribution in [2.75, 3.05) is 0 Å². The maximum absolute atomic E-state index is 12.2. The van der Waals surface area contributed by atoms with E-state index in [1.165, 1.54) is 11.3 Å². The minimum Gasteiger partial charge on any atom is -0.481 e. The van der Waals surface area contributed by atoms with E-state index in [9.17, 15) is 4.79 Å². The molecule has 5 nitrogen and oxygen atoms in total. The van der Waals surface area contributed by atoms with Gasteiger partial charge in [-0.15, -0.1) is 11.3 Å². The van der Waals surface area contributed by atoms with Gasteiger partial charge in [0.1, 0.15) is 10.8 Å². The summed E-state index contributed by atoms with van der Waals surface area (Å²) in [6.07, 6.45) is 1.15. The molecule has 0 fully saturated rings. The van der Waals surface area contributed by atoms with Crippen LogP contribution in [0.5, 0.6) is 5.75 Å². The van der Waals surface area contributed by atoms with Gasteiger partial charge in [-0.2, -0.15) is 0 Å². The van der Waals surface area contributed by atoms with E-state index in [-0.39, 0.29) is 5.91 Å². The van der Waals surface area contributed by atoms with Crippen LogP contribution in [0, 0.1) is 0 Å². The molecule has 1 atom stereocenters. The zero-order valence-electron chi connectivity index (χ0n) is 13.5. The molecule has 0 radical (unpaired) electrons. The molecular weight excluding hydrogens is 402 g/mol. The highest BCUT2D eigenvalue weighted by Crippen LogP contribution is 2.21. The summed E-state index contributed by atoms with van der Waals surface area (Å²) >= 11 is 4.87. The van der Waals surface area contributed by atoms with Crippen molar-refractivity contribution in [2.45, 2.75) is 19.6 Å². The molecule has 1 unspecified atom stereocenters. The molecule has 128 valence electrons. The van der Waals surface area contributed by atoms with Gasteiger partial charge < -0.3 is 10.1 Å². The molecule has 0 aliphatic carbocycles. The van der Waals surface area contributed by atoms with Gasteiger partial charge in [0, 0.05) is 16.0 Å². The van der Waals surface area contributed by atoms with Gasteiger partial charge in [-0.25, -0.2) is 4.98 Å². The molecule has 2 heterocycles. The topological polar surface area (TPSA) is 64.1 Å². The number of carbonyl (C=O) groups is 1. The van der Waals surface area contributed by atoms with Crippen molar-refractivity contribution in [3.63, 3.8) is 0 Å². The summed E-state index contributed by atoms with van der Waals surface area (Å²) in [4.78, 5) is 21.0. The Morgan fingerprint density at radius 2 is 2.08 bits per heavy atom. The SMILES string of the molecule is CC(Oc1ccc(Br)cc1)C(=O)NCc1csc(-c2ccccn2)n1. The molecule has 3 rings (SSSR count). The number of hydrogen-bond donors (Lipinski definition) is 1. The molecule has 1 N–H and O–H groups in total. The van der Waals surface area contributed by atoms with Gasteiger partial charge in [0.25, 0.3) is 5.91 Å². The zero-order chi connectivity index (χ0) is 17.6. The predicted octanol–water partition coefficient (Wildman–Crippen LogP) is 4.05. The Labute approximate surface area is 158 Å². The lowest BCUT2D eigenvalue weighted by Gasteiger charge is -2.14. The number of amides is 1. The monoisotopic (exact) mass is 417 g/mol. The first-order valence-electron chi connectivity index (χ1n) is 7.67. The number of rotatable bonds is 6. The predicted molar refractivity (Wildman–Crippen MR) is 101 cm³/mol. The molecule has 3 aromatic rings. The van der Waals surface area contributed by atoms with Crippen LogP contribution in [-0.2, 0) is 11.3 Å². The standard InChI is InChI=1S/C18H16BrN3O2S/c1-12(24-15-7-5-13(19)6-8-15)17(23)21-10-14-11-25-18(22-14)16-4-2-3-9-20-16/h2-9,11-12H,10H2,1H3,(H,21,23). The van der Waals surface area contributed by atoms with Crippen LogP contribution in [0.2, 0.25) is 0 Å². The molecule has 0 saturated heterocycles. The highest BCUT2D eigenvalue weighted by atomic mass is 79.9. The summed E-state index contributed by atoms with van der Waals surface area (Å²) < 4.78 is 6.60. The lowest BCUT2D eigenvalue weighted by molar-refractivity contribution is -0.127. The number of pyridine rings is 1. The maximum Gasteiger partial charge on any atom is 0.261 e. The van der Waals surface area contributed by atoms with Crippen molar-refractivity contribution in [3.05, 3.63) is 64.2 Å². The van der Waals surface area contributed by atoms with E-state index in [4.69, 9.17) is 4.74 Å². The van der Waals surface area contributed by atoms with E-state index in [0.29, 0.717) is 12.3 Å². The fourth-order valence-corrected chi connectivity index (χ4v) is 3.15. The number of nitrogens with one attached hydrogen (secondary N) is 1. The first-order valence-corrected chi connectivity index (χ1v) is 9.35. The van der Waals surface area contributed by atoms with Crippen LogP contribution < -0.4 is 10.1 Å². The fraction of sp³-hybridized carbons (Fsp3) is 0.167. The van der Waals surface area contributed by atoms with Gasteiger partial charge in [0.2, 0.25) is 0 Å². The third-order valence-electron chi connectivity index (χ3n) is 3.38. The van der Waals surface area contributed by atoms with E-state index in [1.807, 2.05) is 47.8 Å². The molecule has 0 spiro atoms. The Hall–Kier alpha value is -2.25. The summed E-state index contributed by atoms with van der Waals surface area (Å²) in [5, 5.41) is 5.60. The van der Waals surface area contributed by atoms with Crippen LogP contribution in [0.3, 0.4) is 0 Å². The second-order valence-electron chi connectivity index (χ2n) is 5.29. The third kappa shape index (κ3) is 4.87. The normalized spacial score (nSPS) is 11.8. The average Bonchev–Trinajstić information content (AvgIpc) is 3.11. The van der Waals surface area contributed by atoms with Crippen molar-refractivity contribution in [3.8, 4) is 16.5 Å². The second-order valence-corrected chi connectivity index (χ2v) is 7.06. The molecule has 1 amide bonds. The van der Waals surface area contributed by atoms with Crippen LogP contribution >= 0.6 is 27.3 Å². The van der Waals surface area contributed by atoms with Crippen LogP contribution in [0.1, 0.15) is 12.6 Å². The van der Waals surface area contributed by atoms with Gasteiger partial charge >= 0.3 is 0 Å². The largest absolute Gasteiger partial charge is 0.481 e. The van der Waals surface area contributed by atoms with Gasteiger partial charge in [0.15, 0.2) is 6.10 Å². The van der Waals surface area contributed by atoms with Crippen LogP contribution in [-0.4, -0.2) is 22.0 Å². The Kier molecular flexibility index (Phi) is 5.78. The first kappa shape index (κ1) is 17.6. The lowest BCUT2D eigenvalue weighted by Crippen LogP contribution is -2.35. The second kappa shape index (κ2) is 8.22. The Morgan fingerprint density at radius 3 is 2.80 bits per heavy atom. The molecule has 0 aliphatic heterocycles. The number of halogens is 1.